The molecule has 3 nitrogen and oxygen atoms in total. The minimum atomic E-state index is -4.54. The molecule has 0 atom stereocenters. The third-order valence-electron chi connectivity index (χ3n) is 1.95. The van der Waals surface area contributed by atoms with Crippen LogP contribution >= 0.6 is 46.6 Å². The zero-order valence-electron chi connectivity index (χ0n) is 9.73. The van der Waals surface area contributed by atoms with Gasteiger partial charge in [0.05, 0.1) is 20.8 Å². The second-order valence-corrected chi connectivity index (χ2v) is 5.60. The van der Waals surface area contributed by atoms with E-state index < -0.39 is 17.3 Å². The van der Waals surface area contributed by atoms with Crippen LogP contribution in [0.5, 0.6) is 0 Å². The fourth-order valence-electron chi connectivity index (χ4n) is 1.14. The van der Waals surface area contributed by atoms with Crippen molar-refractivity contribution >= 4 is 52.3 Å². The number of hydrogen-bond acceptors (Lipinski definition) is 4. The van der Waals surface area contributed by atoms with Crippen LogP contribution < -0.4 is 5.32 Å². The summed E-state index contributed by atoms with van der Waals surface area (Å²) in [5.74, 6) is 0. The molecule has 0 amide bonds. The first-order valence-electron chi connectivity index (χ1n) is 4.89. The van der Waals surface area contributed by atoms with E-state index in [2.05, 4.69) is 5.32 Å². The van der Waals surface area contributed by atoms with Gasteiger partial charge < -0.3 is 5.32 Å². The van der Waals surface area contributed by atoms with E-state index in [1.54, 1.807) is 12.1 Å². The number of nitrogens with one attached hydrogen (secondary N) is 1. The molecular weight excluding hydrogens is 370 g/mol. The molecule has 0 radical (unpaired) electrons. The van der Waals surface area contributed by atoms with Crippen LogP contribution in [0, 0.1) is 22.7 Å². The number of halogens is 6. The maximum Gasteiger partial charge on any atom is 0.446 e. The third kappa shape index (κ3) is 4.90. The van der Waals surface area contributed by atoms with E-state index in [0.29, 0.717) is 0 Å². The predicted octanol–water partition coefficient (Wildman–Crippen LogP) is 5.60. The van der Waals surface area contributed by atoms with Gasteiger partial charge in [-0.15, -0.1) is 0 Å². The van der Waals surface area contributed by atoms with Crippen molar-refractivity contribution in [3.63, 3.8) is 0 Å². The second kappa shape index (κ2) is 7.15. The molecule has 110 valence electrons. The number of rotatable bonds is 3. The molecule has 0 heterocycles. The first-order valence-corrected chi connectivity index (χ1v) is 6.84. The van der Waals surface area contributed by atoms with E-state index in [9.17, 15) is 13.2 Å². The highest BCUT2D eigenvalue weighted by Gasteiger charge is 2.31. The fourth-order valence-corrected chi connectivity index (χ4v) is 2.71. The zero-order valence-corrected chi connectivity index (χ0v) is 12.8. The maximum absolute atomic E-state index is 12.4. The molecule has 0 saturated carbocycles. The smallest absolute Gasteiger partial charge is 0.357 e. The minimum Gasteiger partial charge on any atom is -0.357 e. The summed E-state index contributed by atoms with van der Waals surface area (Å²) in [7, 11) is 0. The molecule has 1 rings (SSSR count). The highest BCUT2D eigenvalue weighted by atomic mass is 35.5. The van der Waals surface area contributed by atoms with Crippen molar-refractivity contribution in [1.29, 1.82) is 10.5 Å². The van der Waals surface area contributed by atoms with Gasteiger partial charge in [-0.25, -0.2) is 0 Å². The average Bonchev–Trinajstić information content (AvgIpc) is 2.38. The molecule has 0 bridgehead atoms. The van der Waals surface area contributed by atoms with Crippen molar-refractivity contribution in [2.24, 2.45) is 0 Å². The molecule has 0 spiro atoms. The summed E-state index contributed by atoms with van der Waals surface area (Å²) in [6.45, 7) is 0. The van der Waals surface area contributed by atoms with Crippen molar-refractivity contribution in [2.45, 2.75) is 10.4 Å². The van der Waals surface area contributed by atoms with Crippen molar-refractivity contribution in [3.8, 4) is 12.1 Å². The Morgan fingerprint density at radius 2 is 1.76 bits per heavy atom. The summed E-state index contributed by atoms with van der Waals surface area (Å²) < 4.78 is 37.1. The summed E-state index contributed by atoms with van der Waals surface area (Å²) >= 11 is 17.0. The van der Waals surface area contributed by atoms with Crippen LogP contribution in [0.15, 0.2) is 22.7 Å². The Hall–Kier alpha value is -1.25. The van der Waals surface area contributed by atoms with Crippen LogP contribution in [0.3, 0.4) is 0 Å². The van der Waals surface area contributed by atoms with Crippen LogP contribution in [0.2, 0.25) is 15.1 Å². The Balaban J connectivity index is 3.22. The van der Waals surface area contributed by atoms with E-state index in [-0.39, 0.29) is 31.2 Å². The topological polar surface area (TPSA) is 59.6 Å². The predicted molar refractivity (Wildman–Crippen MR) is 76.3 cm³/mol. The van der Waals surface area contributed by atoms with Crippen LogP contribution in [-0.4, -0.2) is 5.51 Å². The van der Waals surface area contributed by atoms with Crippen LogP contribution in [-0.2, 0) is 0 Å². The lowest BCUT2D eigenvalue weighted by Gasteiger charge is -2.13. The summed E-state index contributed by atoms with van der Waals surface area (Å²) in [5, 5.41) is 18.9. The normalized spacial score (nSPS) is 10.5. The number of allylic oxidation sites excluding steroid dienone is 1. The Morgan fingerprint density at radius 3 is 2.24 bits per heavy atom. The van der Waals surface area contributed by atoms with Gasteiger partial charge in [0, 0.05) is 11.1 Å². The van der Waals surface area contributed by atoms with Crippen molar-refractivity contribution in [1.82, 2.24) is 0 Å². The average molecular weight is 373 g/mol. The van der Waals surface area contributed by atoms with Crippen molar-refractivity contribution in [2.75, 3.05) is 5.32 Å². The molecule has 0 aromatic heterocycles. The van der Waals surface area contributed by atoms with Crippen LogP contribution in [0.4, 0.5) is 18.9 Å². The van der Waals surface area contributed by atoms with Gasteiger partial charge in [-0.3, -0.25) is 0 Å². The maximum atomic E-state index is 12.4. The van der Waals surface area contributed by atoms with Gasteiger partial charge >= 0.3 is 5.51 Å². The van der Waals surface area contributed by atoms with Crippen LogP contribution in [0.1, 0.15) is 0 Å². The van der Waals surface area contributed by atoms with E-state index >= 15 is 0 Å². The molecule has 0 unspecified atom stereocenters. The standard InChI is InChI=1S/C11H3Cl3F3N3S/c12-6-1-7(21-11(15,16)17)8(13)9(14)10(6)20-4-5(2-18)3-19/h1,4,20H. The molecule has 1 N–H and O–H groups in total. The third-order valence-corrected chi connectivity index (χ3v) is 4.00. The lowest BCUT2D eigenvalue weighted by Crippen LogP contribution is -2.00. The molecule has 0 aliphatic rings. The fraction of sp³-hybridized carbons (Fsp3) is 0.0909. The van der Waals surface area contributed by atoms with Gasteiger partial charge in [-0.2, -0.15) is 23.7 Å². The number of nitrogens with zero attached hydrogens (tertiary/aromatic N) is 2. The van der Waals surface area contributed by atoms with Gasteiger partial charge in [0.2, 0.25) is 0 Å². The van der Waals surface area contributed by atoms with Gasteiger partial charge in [0.15, 0.2) is 0 Å². The zero-order chi connectivity index (χ0) is 16.2. The lowest BCUT2D eigenvalue weighted by atomic mass is 10.3. The minimum absolute atomic E-state index is 0.00198. The molecule has 1 aromatic rings. The Morgan fingerprint density at radius 1 is 1.19 bits per heavy atom. The largest absolute Gasteiger partial charge is 0.446 e. The van der Waals surface area contributed by atoms with Gasteiger partial charge in [0.25, 0.3) is 0 Å². The number of benzene rings is 1. The highest BCUT2D eigenvalue weighted by Crippen LogP contribution is 2.47. The van der Waals surface area contributed by atoms with Crippen molar-refractivity contribution < 1.29 is 13.2 Å². The van der Waals surface area contributed by atoms with Gasteiger partial charge in [-0.05, 0) is 17.8 Å². The second-order valence-electron chi connectivity index (χ2n) is 3.33. The Bertz CT molecular complexity index is 658. The summed E-state index contributed by atoms with van der Waals surface area (Å²) in [6.07, 6.45) is 1.01. The first kappa shape index (κ1) is 17.8. The monoisotopic (exact) mass is 371 g/mol. The molecular formula is C11H3Cl3F3N3S. The molecule has 0 aliphatic carbocycles. The van der Waals surface area contributed by atoms with E-state index in [1.165, 1.54) is 0 Å². The Kier molecular flexibility index (Phi) is 6.06. The SMILES string of the molecule is N#CC(C#N)=CNc1c(Cl)cc(SC(F)(F)F)c(Cl)c1Cl. The molecule has 21 heavy (non-hydrogen) atoms. The van der Waals surface area contributed by atoms with Crippen molar-refractivity contribution in [3.05, 3.63) is 32.9 Å². The molecule has 1 aromatic carbocycles. The number of hydrogen-bond donors (Lipinski definition) is 1. The molecule has 0 aliphatic heterocycles. The molecule has 10 heteroatoms. The van der Waals surface area contributed by atoms with Gasteiger partial charge in [-0.1, -0.05) is 34.8 Å². The molecule has 0 fully saturated rings. The Labute approximate surface area is 136 Å². The van der Waals surface area contributed by atoms with Crippen LogP contribution in [0.25, 0.3) is 0 Å². The first-order chi connectivity index (χ1) is 9.69. The quantitative estimate of drug-likeness (QED) is 0.426. The molecule has 0 saturated heterocycles. The van der Waals surface area contributed by atoms with Gasteiger partial charge in [0.1, 0.15) is 17.7 Å². The highest BCUT2D eigenvalue weighted by molar-refractivity contribution is 8.00. The number of nitriles is 2. The van der Waals surface area contributed by atoms with E-state index in [4.69, 9.17) is 45.3 Å². The number of alkyl halides is 3. The number of anilines is 1. The van der Waals surface area contributed by atoms with E-state index in [1.807, 2.05) is 0 Å². The summed E-state index contributed by atoms with van der Waals surface area (Å²) in [6, 6.07) is 4.16. The van der Waals surface area contributed by atoms with E-state index in [0.717, 1.165) is 12.3 Å². The lowest BCUT2D eigenvalue weighted by molar-refractivity contribution is -0.0328. The number of thioether (sulfide) groups is 1. The summed E-state index contributed by atoms with van der Waals surface area (Å²) in [5.41, 5.74) is -4.82. The summed E-state index contributed by atoms with van der Waals surface area (Å²) in [4.78, 5) is -0.352.